The van der Waals surface area contributed by atoms with Crippen LogP contribution in [0.2, 0.25) is 0 Å². The molecule has 0 amide bonds. The van der Waals surface area contributed by atoms with Crippen LogP contribution >= 0.6 is 0 Å². The maximum Gasteiger partial charge on any atom is 0.211 e. The minimum Gasteiger partial charge on any atom is -0.297 e. The van der Waals surface area contributed by atoms with Crippen molar-refractivity contribution in [3.05, 3.63) is 71.7 Å². The van der Waals surface area contributed by atoms with Gasteiger partial charge in [0, 0.05) is 11.8 Å². The molecule has 3 rings (SSSR count). The number of benzene rings is 1. The number of pyridine rings is 1. The van der Waals surface area contributed by atoms with Crippen molar-refractivity contribution in [2.75, 3.05) is 0 Å². The average Bonchev–Trinajstić information content (AvgIpc) is 2.86. The SMILES string of the molecule is CCc1nc2ccccn2c1C(=O)c1ccccc1. The number of carbonyl (C=O) groups excluding carboxylic acids is 1. The van der Waals surface area contributed by atoms with Crippen LogP contribution in [0.4, 0.5) is 0 Å². The third kappa shape index (κ3) is 1.93. The van der Waals surface area contributed by atoms with Gasteiger partial charge in [-0.2, -0.15) is 0 Å². The molecule has 2 aromatic heterocycles. The molecule has 0 bridgehead atoms. The number of carbonyl (C=O) groups is 1. The van der Waals surface area contributed by atoms with E-state index in [1.165, 1.54) is 0 Å². The average molecular weight is 250 g/mol. The maximum atomic E-state index is 12.6. The smallest absolute Gasteiger partial charge is 0.211 e. The lowest BCUT2D eigenvalue weighted by Gasteiger charge is -2.03. The molecule has 0 spiro atoms. The first-order chi connectivity index (χ1) is 9.31. The summed E-state index contributed by atoms with van der Waals surface area (Å²) >= 11 is 0. The molecular formula is C16H14N2O. The van der Waals surface area contributed by atoms with Crippen molar-refractivity contribution in [2.24, 2.45) is 0 Å². The Labute approximate surface area is 111 Å². The number of aryl methyl sites for hydroxylation is 1. The predicted molar refractivity (Wildman–Crippen MR) is 74.4 cm³/mol. The number of hydrogen-bond acceptors (Lipinski definition) is 2. The van der Waals surface area contributed by atoms with Crippen molar-refractivity contribution in [1.82, 2.24) is 9.38 Å². The highest BCUT2D eigenvalue weighted by atomic mass is 16.1. The molecule has 0 saturated heterocycles. The molecule has 3 heteroatoms. The van der Waals surface area contributed by atoms with Crippen molar-refractivity contribution < 1.29 is 4.79 Å². The number of nitrogens with zero attached hydrogens (tertiary/aromatic N) is 2. The summed E-state index contributed by atoms with van der Waals surface area (Å²) in [5.41, 5.74) is 3.03. The molecule has 0 fully saturated rings. The summed E-state index contributed by atoms with van der Waals surface area (Å²) in [7, 11) is 0. The standard InChI is InChI=1S/C16H14N2O/c1-2-13-15(16(19)12-8-4-3-5-9-12)18-11-7-6-10-14(18)17-13/h3-11H,2H2,1H3. The van der Waals surface area contributed by atoms with Crippen LogP contribution in [-0.4, -0.2) is 15.2 Å². The molecule has 2 heterocycles. The van der Waals surface area contributed by atoms with Crippen LogP contribution in [0.1, 0.15) is 28.7 Å². The van der Waals surface area contributed by atoms with Crippen LogP contribution in [0.3, 0.4) is 0 Å². The van der Waals surface area contributed by atoms with Gasteiger partial charge in [-0.1, -0.05) is 43.3 Å². The molecule has 0 radical (unpaired) electrons. The number of ketones is 1. The first-order valence-electron chi connectivity index (χ1n) is 6.37. The second kappa shape index (κ2) is 4.69. The van der Waals surface area contributed by atoms with E-state index in [9.17, 15) is 4.79 Å². The van der Waals surface area contributed by atoms with Gasteiger partial charge in [0.25, 0.3) is 0 Å². The summed E-state index contributed by atoms with van der Waals surface area (Å²) < 4.78 is 1.87. The van der Waals surface area contributed by atoms with E-state index in [1.807, 2.05) is 66.1 Å². The Kier molecular flexibility index (Phi) is 2.88. The van der Waals surface area contributed by atoms with Gasteiger partial charge >= 0.3 is 0 Å². The Balaban J connectivity index is 2.21. The van der Waals surface area contributed by atoms with Gasteiger partial charge in [-0.3, -0.25) is 9.20 Å². The summed E-state index contributed by atoms with van der Waals surface area (Å²) in [6.45, 7) is 2.02. The van der Waals surface area contributed by atoms with Crippen LogP contribution < -0.4 is 0 Å². The predicted octanol–water partition coefficient (Wildman–Crippen LogP) is 3.13. The third-order valence-corrected chi connectivity index (χ3v) is 3.19. The molecule has 0 atom stereocenters. The quantitative estimate of drug-likeness (QED) is 0.669. The highest BCUT2D eigenvalue weighted by molar-refractivity contribution is 6.09. The molecule has 19 heavy (non-hydrogen) atoms. The number of aromatic nitrogens is 2. The van der Waals surface area contributed by atoms with E-state index in [0.717, 1.165) is 17.8 Å². The van der Waals surface area contributed by atoms with Gasteiger partial charge in [-0.05, 0) is 18.6 Å². The maximum absolute atomic E-state index is 12.6. The van der Waals surface area contributed by atoms with Gasteiger partial charge in [-0.15, -0.1) is 0 Å². The van der Waals surface area contributed by atoms with Crippen LogP contribution in [0.25, 0.3) is 5.65 Å². The van der Waals surface area contributed by atoms with Gasteiger partial charge in [0.2, 0.25) is 5.78 Å². The first-order valence-corrected chi connectivity index (χ1v) is 6.37. The van der Waals surface area contributed by atoms with E-state index in [4.69, 9.17) is 0 Å². The van der Waals surface area contributed by atoms with Crippen LogP contribution in [0.5, 0.6) is 0 Å². The van der Waals surface area contributed by atoms with E-state index in [-0.39, 0.29) is 5.78 Å². The number of rotatable bonds is 3. The topological polar surface area (TPSA) is 34.4 Å². The highest BCUT2D eigenvalue weighted by Gasteiger charge is 2.18. The van der Waals surface area contributed by atoms with Crippen LogP contribution in [0, 0.1) is 0 Å². The third-order valence-electron chi connectivity index (χ3n) is 3.19. The summed E-state index contributed by atoms with van der Waals surface area (Å²) in [6.07, 6.45) is 2.63. The fourth-order valence-electron chi connectivity index (χ4n) is 2.26. The fraction of sp³-hybridized carbons (Fsp3) is 0.125. The second-order valence-corrected chi connectivity index (χ2v) is 4.38. The summed E-state index contributed by atoms with van der Waals surface area (Å²) in [4.78, 5) is 17.2. The molecule has 0 aliphatic carbocycles. The second-order valence-electron chi connectivity index (χ2n) is 4.38. The van der Waals surface area contributed by atoms with E-state index in [1.54, 1.807) is 0 Å². The highest BCUT2D eigenvalue weighted by Crippen LogP contribution is 2.17. The van der Waals surface area contributed by atoms with Crippen molar-refractivity contribution in [1.29, 1.82) is 0 Å². The molecule has 0 unspecified atom stereocenters. The molecule has 3 nitrogen and oxygen atoms in total. The van der Waals surface area contributed by atoms with Crippen molar-refractivity contribution in [3.63, 3.8) is 0 Å². The Hall–Kier alpha value is -2.42. The summed E-state index contributed by atoms with van der Waals surface area (Å²) in [5, 5.41) is 0. The zero-order valence-corrected chi connectivity index (χ0v) is 10.7. The van der Waals surface area contributed by atoms with E-state index >= 15 is 0 Å². The monoisotopic (exact) mass is 250 g/mol. The van der Waals surface area contributed by atoms with E-state index in [0.29, 0.717) is 11.3 Å². The summed E-state index contributed by atoms with van der Waals surface area (Å²) in [6, 6.07) is 15.1. The molecule has 0 N–H and O–H groups in total. The van der Waals surface area contributed by atoms with E-state index < -0.39 is 0 Å². The van der Waals surface area contributed by atoms with Crippen molar-refractivity contribution >= 4 is 11.4 Å². The number of fused-ring (bicyclic) bond motifs is 1. The molecule has 1 aromatic carbocycles. The lowest BCUT2D eigenvalue weighted by atomic mass is 10.1. The van der Waals surface area contributed by atoms with Gasteiger partial charge in [-0.25, -0.2) is 4.98 Å². The first kappa shape index (κ1) is 11.7. The Morgan fingerprint density at radius 3 is 2.58 bits per heavy atom. The zero-order valence-electron chi connectivity index (χ0n) is 10.7. The normalized spacial score (nSPS) is 10.8. The van der Waals surface area contributed by atoms with Crippen LogP contribution in [0.15, 0.2) is 54.7 Å². The molecule has 3 aromatic rings. The van der Waals surface area contributed by atoms with Crippen LogP contribution in [-0.2, 0) is 6.42 Å². The fourth-order valence-corrected chi connectivity index (χ4v) is 2.26. The van der Waals surface area contributed by atoms with Crippen molar-refractivity contribution in [3.8, 4) is 0 Å². The van der Waals surface area contributed by atoms with Crippen molar-refractivity contribution in [2.45, 2.75) is 13.3 Å². The summed E-state index contributed by atoms with van der Waals surface area (Å²) in [5.74, 6) is 0.0242. The largest absolute Gasteiger partial charge is 0.297 e. The van der Waals surface area contributed by atoms with E-state index in [2.05, 4.69) is 4.98 Å². The Morgan fingerprint density at radius 2 is 1.84 bits per heavy atom. The molecule has 0 aliphatic rings. The number of imidazole rings is 1. The minimum atomic E-state index is 0.0242. The molecule has 0 saturated carbocycles. The van der Waals surface area contributed by atoms with Gasteiger partial charge in [0.05, 0.1) is 5.69 Å². The Morgan fingerprint density at radius 1 is 1.11 bits per heavy atom. The lowest BCUT2D eigenvalue weighted by Crippen LogP contribution is -2.07. The Bertz CT molecular complexity index is 729. The zero-order chi connectivity index (χ0) is 13.2. The van der Waals surface area contributed by atoms with Gasteiger partial charge in [0.1, 0.15) is 11.3 Å². The minimum absolute atomic E-state index is 0.0242. The molecule has 0 aliphatic heterocycles. The van der Waals surface area contributed by atoms with Gasteiger partial charge < -0.3 is 0 Å². The van der Waals surface area contributed by atoms with Gasteiger partial charge in [0.15, 0.2) is 0 Å². The lowest BCUT2D eigenvalue weighted by molar-refractivity contribution is 0.103. The number of hydrogen-bond donors (Lipinski definition) is 0. The molecular weight excluding hydrogens is 236 g/mol. The molecule has 94 valence electrons.